The van der Waals surface area contributed by atoms with E-state index in [4.69, 9.17) is 10.8 Å². The van der Waals surface area contributed by atoms with Crippen molar-refractivity contribution in [1.29, 1.82) is 0 Å². The van der Waals surface area contributed by atoms with Crippen LogP contribution in [0.1, 0.15) is 10.9 Å². The Bertz CT molecular complexity index is 247. The van der Waals surface area contributed by atoms with Crippen molar-refractivity contribution in [1.82, 2.24) is 0 Å². The molecule has 3 nitrogen and oxygen atoms in total. The van der Waals surface area contributed by atoms with Gasteiger partial charge in [0.1, 0.15) is 0 Å². The van der Waals surface area contributed by atoms with Crippen LogP contribution in [0.15, 0.2) is 12.1 Å². The molecule has 0 fully saturated rings. The fourth-order valence-electron chi connectivity index (χ4n) is 0.872. The number of rotatable bonds is 3. The van der Waals surface area contributed by atoms with Gasteiger partial charge < -0.3 is 15.7 Å². The molecular weight excluding hydrogens is 172 g/mol. The average Bonchev–Trinajstić information content (AvgIpc) is 2.51. The summed E-state index contributed by atoms with van der Waals surface area (Å²) >= 11 is 1.61. The molecule has 0 aliphatic rings. The predicted molar refractivity (Wildman–Crippen MR) is 52.7 cm³/mol. The van der Waals surface area contributed by atoms with Crippen LogP contribution in [-0.2, 0) is 0 Å². The Morgan fingerprint density at radius 3 is 2.67 bits per heavy atom. The van der Waals surface area contributed by atoms with Crippen molar-refractivity contribution in [2.75, 3.05) is 25.6 Å². The molecule has 0 aromatic carbocycles. The van der Waals surface area contributed by atoms with Gasteiger partial charge in [0.2, 0.25) is 0 Å². The molecule has 1 aromatic rings. The highest BCUT2D eigenvalue weighted by atomic mass is 32.1. The molecule has 1 aromatic heterocycles. The van der Waals surface area contributed by atoms with Gasteiger partial charge >= 0.3 is 0 Å². The Balaban J connectivity index is 2.77. The molecule has 0 unspecified atom stereocenters. The summed E-state index contributed by atoms with van der Waals surface area (Å²) in [6, 6.07) is 3.74. The monoisotopic (exact) mass is 186 g/mol. The van der Waals surface area contributed by atoms with Crippen molar-refractivity contribution in [2.24, 2.45) is 5.73 Å². The Kier molecular flexibility index (Phi) is 3.08. The van der Waals surface area contributed by atoms with E-state index in [9.17, 15) is 0 Å². The Morgan fingerprint density at radius 2 is 2.25 bits per heavy atom. The van der Waals surface area contributed by atoms with Crippen LogP contribution in [0, 0.1) is 0 Å². The SMILES string of the molecule is CN(C)c1ccc([C@@H](N)CO)s1. The second-order valence-electron chi connectivity index (χ2n) is 2.86. The zero-order valence-electron chi connectivity index (χ0n) is 7.32. The van der Waals surface area contributed by atoms with E-state index in [1.54, 1.807) is 11.3 Å². The minimum absolute atomic E-state index is 0.00732. The highest BCUT2D eigenvalue weighted by Crippen LogP contribution is 2.27. The van der Waals surface area contributed by atoms with Crippen LogP contribution in [-0.4, -0.2) is 25.8 Å². The van der Waals surface area contributed by atoms with Gasteiger partial charge in [-0.25, -0.2) is 0 Å². The van der Waals surface area contributed by atoms with Gasteiger partial charge in [0.15, 0.2) is 0 Å². The molecule has 1 rings (SSSR count). The van der Waals surface area contributed by atoms with Crippen LogP contribution < -0.4 is 10.6 Å². The molecule has 1 heterocycles. The highest BCUT2D eigenvalue weighted by molar-refractivity contribution is 7.16. The van der Waals surface area contributed by atoms with Gasteiger partial charge in [-0.1, -0.05) is 0 Å². The summed E-state index contributed by atoms with van der Waals surface area (Å²) in [6.07, 6.45) is 0. The first-order chi connectivity index (χ1) is 5.65. The fraction of sp³-hybridized carbons (Fsp3) is 0.500. The van der Waals surface area contributed by atoms with Gasteiger partial charge in [0, 0.05) is 19.0 Å². The van der Waals surface area contributed by atoms with Crippen LogP contribution in [0.5, 0.6) is 0 Å². The number of nitrogens with zero attached hydrogens (tertiary/aromatic N) is 1. The molecule has 0 aliphatic carbocycles. The summed E-state index contributed by atoms with van der Waals surface area (Å²) in [4.78, 5) is 3.05. The Morgan fingerprint density at radius 1 is 1.58 bits per heavy atom. The summed E-state index contributed by atoms with van der Waals surface area (Å²) < 4.78 is 0. The molecule has 1 atom stereocenters. The van der Waals surface area contributed by atoms with E-state index >= 15 is 0 Å². The molecule has 68 valence electrons. The minimum Gasteiger partial charge on any atom is -0.394 e. The lowest BCUT2D eigenvalue weighted by Crippen LogP contribution is -2.12. The molecule has 4 heteroatoms. The number of aliphatic hydroxyl groups excluding tert-OH is 1. The maximum Gasteiger partial charge on any atom is 0.0906 e. The zero-order chi connectivity index (χ0) is 9.14. The maximum atomic E-state index is 8.80. The van der Waals surface area contributed by atoms with Crippen molar-refractivity contribution < 1.29 is 5.11 Å². The van der Waals surface area contributed by atoms with Crippen LogP contribution in [0.3, 0.4) is 0 Å². The first-order valence-corrected chi connectivity index (χ1v) is 4.60. The molecule has 0 spiro atoms. The maximum absolute atomic E-state index is 8.80. The van der Waals surface area contributed by atoms with E-state index in [-0.39, 0.29) is 12.6 Å². The van der Waals surface area contributed by atoms with Crippen LogP contribution >= 0.6 is 11.3 Å². The third kappa shape index (κ3) is 1.97. The standard InChI is InChI=1S/C8H14N2OS/c1-10(2)8-4-3-7(12-8)6(9)5-11/h3-4,6,11H,5,9H2,1-2H3/t6-/m0/s1. The molecule has 0 radical (unpaired) electrons. The molecular formula is C8H14N2OS. The van der Waals surface area contributed by atoms with Gasteiger partial charge in [-0.2, -0.15) is 0 Å². The Hall–Kier alpha value is -0.580. The second-order valence-corrected chi connectivity index (χ2v) is 3.95. The lowest BCUT2D eigenvalue weighted by Gasteiger charge is -2.08. The van der Waals surface area contributed by atoms with Crippen LogP contribution in [0.25, 0.3) is 0 Å². The lowest BCUT2D eigenvalue weighted by molar-refractivity contribution is 0.269. The first-order valence-electron chi connectivity index (χ1n) is 3.78. The van der Waals surface area contributed by atoms with E-state index in [1.807, 2.05) is 31.1 Å². The number of hydrogen-bond acceptors (Lipinski definition) is 4. The normalized spacial score (nSPS) is 13.0. The van der Waals surface area contributed by atoms with Gasteiger partial charge in [0.25, 0.3) is 0 Å². The molecule has 0 aliphatic heterocycles. The van der Waals surface area contributed by atoms with Crippen molar-refractivity contribution in [3.8, 4) is 0 Å². The van der Waals surface area contributed by atoms with E-state index < -0.39 is 0 Å². The minimum atomic E-state index is -0.233. The van der Waals surface area contributed by atoms with Gasteiger partial charge in [-0.15, -0.1) is 11.3 Å². The summed E-state index contributed by atoms with van der Waals surface area (Å²) in [5, 5.41) is 9.97. The molecule has 0 amide bonds. The van der Waals surface area contributed by atoms with E-state index in [1.165, 1.54) is 0 Å². The zero-order valence-corrected chi connectivity index (χ0v) is 8.14. The quantitative estimate of drug-likeness (QED) is 0.734. The second kappa shape index (κ2) is 3.89. The average molecular weight is 186 g/mol. The fourth-order valence-corrected chi connectivity index (χ4v) is 1.79. The number of nitrogens with two attached hydrogens (primary N) is 1. The third-order valence-electron chi connectivity index (χ3n) is 1.62. The Labute approximate surface area is 76.4 Å². The van der Waals surface area contributed by atoms with Gasteiger partial charge in [-0.05, 0) is 12.1 Å². The lowest BCUT2D eigenvalue weighted by atomic mass is 10.3. The summed E-state index contributed by atoms with van der Waals surface area (Å²) in [5.41, 5.74) is 5.65. The van der Waals surface area contributed by atoms with E-state index in [0.29, 0.717) is 0 Å². The number of hydrogen-bond donors (Lipinski definition) is 2. The van der Waals surface area contributed by atoms with Crippen molar-refractivity contribution in [2.45, 2.75) is 6.04 Å². The smallest absolute Gasteiger partial charge is 0.0906 e. The number of thiophene rings is 1. The van der Waals surface area contributed by atoms with Crippen molar-refractivity contribution in [3.63, 3.8) is 0 Å². The van der Waals surface area contributed by atoms with Crippen molar-refractivity contribution >= 4 is 16.3 Å². The largest absolute Gasteiger partial charge is 0.394 e. The molecule has 3 N–H and O–H groups in total. The van der Waals surface area contributed by atoms with Crippen LogP contribution in [0.2, 0.25) is 0 Å². The predicted octanol–water partition coefficient (Wildman–Crippen LogP) is 0.806. The van der Waals surface area contributed by atoms with Crippen molar-refractivity contribution in [3.05, 3.63) is 17.0 Å². The van der Waals surface area contributed by atoms with E-state index in [0.717, 1.165) is 9.88 Å². The summed E-state index contributed by atoms with van der Waals surface area (Å²) in [7, 11) is 3.97. The summed E-state index contributed by atoms with van der Waals surface area (Å²) in [5.74, 6) is 0. The van der Waals surface area contributed by atoms with Crippen LogP contribution in [0.4, 0.5) is 5.00 Å². The first kappa shape index (κ1) is 9.51. The van der Waals surface area contributed by atoms with E-state index in [2.05, 4.69) is 0 Å². The topological polar surface area (TPSA) is 49.5 Å². The molecule has 12 heavy (non-hydrogen) atoms. The molecule has 0 saturated carbocycles. The third-order valence-corrected chi connectivity index (χ3v) is 3.00. The van der Waals surface area contributed by atoms with Gasteiger partial charge in [0.05, 0.1) is 17.6 Å². The molecule has 0 saturated heterocycles. The van der Waals surface area contributed by atoms with Gasteiger partial charge in [-0.3, -0.25) is 0 Å². The summed E-state index contributed by atoms with van der Waals surface area (Å²) in [6.45, 7) is 0.00732. The number of aliphatic hydroxyl groups is 1. The molecule has 0 bridgehead atoms. The highest BCUT2D eigenvalue weighted by Gasteiger charge is 2.08. The number of anilines is 1.